The van der Waals surface area contributed by atoms with E-state index < -0.39 is 17.7 Å². The topological polar surface area (TPSA) is 126 Å². The molecule has 10 nitrogen and oxygen atoms in total. The molecule has 1 atom stereocenters. The van der Waals surface area contributed by atoms with Crippen molar-refractivity contribution in [2.24, 2.45) is 0 Å². The van der Waals surface area contributed by atoms with Crippen LogP contribution in [0.15, 0.2) is 59.3 Å². The molecule has 208 valence electrons. The number of piperazine rings is 1. The molecule has 1 saturated heterocycles. The standard InChI is InChI=1S/C27H25N4O6P.C2H6/c1-2-36-27(35)19-14-20(37-29-19)17-8-9-21(38)22-18(15-28-23(17)22)24(32)26(34)31-12-10-30(11-13-31)25(33)16-6-4-3-5-7-16;1-2/h3-9,14-15,28H,2,10-13,38H2,1H3;1-2H3. The first kappa shape index (κ1) is 28.7. The second-order valence-electron chi connectivity index (χ2n) is 8.73. The zero-order valence-electron chi connectivity index (χ0n) is 22.6. The first-order valence-corrected chi connectivity index (χ1v) is 13.7. The first-order valence-electron chi connectivity index (χ1n) is 13.1. The summed E-state index contributed by atoms with van der Waals surface area (Å²) in [6.45, 7) is 7.12. The second-order valence-corrected chi connectivity index (χ2v) is 9.35. The van der Waals surface area contributed by atoms with Gasteiger partial charge in [0.05, 0.1) is 17.7 Å². The minimum Gasteiger partial charge on any atom is -0.461 e. The molecule has 1 fully saturated rings. The lowest BCUT2D eigenvalue weighted by Crippen LogP contribution is -2.52. The fourth-order valence-corrected chi connectivity index (χ4v) is 4.89. The van der Waals surface area contributed by atoms with E-state index in [2.05, 4.69) is 19.4 Å². The molecule has 5 rings (SSSR count). The number of benzene rings is 2. The maximum Gasteiger partial charge on any atom is 0.360 e. The van der Waals surface area contributed by atoms with Crippen molar-refractivity contribution in [3.05, 3.63) is 71.5 Å². The summed E-state index contributed by atoms with van der Waals surface area (Å²) in [7, 11) is 2.57. The van der Waals surface area contributed by atoms with Gasteiger partial charge in [-0.15, -0.1) is 9.24 Å². The van der Waals surface area contributed by atoms with E-state index in [-0.39, 0.29) is 36.9 Å². The molecule has 0 bridgehead atoms. The van der Waals surface area contributed by atoms with Crippen LogP contribution in [0.1, 0.15) is 52.0 Å². The minimum atomic E-state index is -0.648. The van der Waals surface area contributed by atoms with Gasteiger partial charge in [0.15, 0.2) is 11.5 Å². The number of hydrogen-bond acceptors (Lipinski definition) is 7. The summed E-state index contributed by atoms with van der Waals surface area (Å²) in [5.41, 5.74) is 2.00. The number of Topliss-reactive ketones (excluding diaryl/α,β-unsaturated/α-hetero) is 1. The number of carbonyl (C=O) groups excluding carboxylic acids is 4. The summed E-state index contributed by atoms with van der Waals surface area (Å²) in [5.74, 6) is -1.66. The monoisotopic (exact) mass is 562 g/mol. The van der Waals surface area contributed by atoms with Crippen molar-refractivity contribution in [3.63, 3.8) is 0 Å². The van der Waals surface area contributed by atoms with Crippen LogP contribution in [0, 0.1) is 0 Å². The highest BCUT2D eigenvalue weighted by molar-refractivity contribution is 7.28. The maximum atomic E-state index is 13.3. The molecular weight excluding hydrogens is 531 g/mol. The Bertz CT molecular complexity index is 1540. The zero-order valence-corrected chi connectivity index (χ0v) is 23.8. The SMILES string of the molecule is CC.CCOC(=O)c1cc(-c2ccc(P)c3c(C(=O)C(=O)N4CCN(C(=O)c5ccccc5)CC4)c[nH]c23)on1. The third-order valence-electron chi connectivity index (χ3n) is 6.44. The molecule has 11 heteroatoms. The number of hydrogen-bond donors (Lipinski definition) is 1. The molecule has 2 aromatic carbocycles. The Morgan fingerprint density at radius 1 is 1.00 bits per heavy atom. The minimum absolute atomic E-state index is 0.0351. The van der Waals surface area contributed by atoms with E-state index in [4.69, 9.17) is 9.26 Å². The van der Waals surface area contributed by atoms with E-state index in [1.165, 1.54) is 17.2 Å². The summed E-state index contributed by atoms with van der Waals surface area (Å²) >= 11 is 0. The van der Waals surface area contributed by atoms with Gasteiger partial charge in [-0.25, -0.2) is 4.79 Å². The third kappa shape index (κ3) is 5.67. The average Bonchev–Trinajstić information content (AvgIpc) is 3.67. The molecule has 1 N–H and O–H groups in total. The van der Waals surface area contributed by atoms with Gasteiger partial charge in [-0.1, -0.05) is 43.3 Å². The molecule has 2 amide bonds. The first-order chi connectivity index (χ1) is 19.4. The largest absolute Gasteiger partial charge is 0.461 e. The van der Waals surface area contributed by atoms with Gasteiger partial charge < -0.3 is 24.0 Å². The van der Waals surface area contributed by atoms with Crippen molar-refractivity contribution < 1.29 is 28.4 Å². The van der Waals surface area contributed by atoms with E-state index in [1.54, 1.807) is 48.2 Å². The molecule has 1 unspecified atom stereocenters. The predicted octanol–water partition coefficient (Wildman–Crippen LogP) is 3.69. The quantitative estimate of drug-likeness (QED) is 0.164. The Hall–Kier alpha value is -4.30. The van der Waals surface area contributed by atoms with Crippen LogP contribution < -0.4 is 5.30 Å². The van der Waals surface area contributed by atoms with E-state index in [0.717, 1.165) is 0 Å². The van der Waals surface area contributed by atoms with Crippen molar-refractivity contribution in [1.82, 2.24) is 19.9 Å². The Balaban J connectivity index is 0.00000181. The molecule has 2 aromatic heterocycles. The third-order valence-corrected chi connectivity index (χ3v) is 6.92. The molecule has 0 aliphatic carbocycles. The van der Waals surface area contributed by atoms with Crippen molar-refractivity contribution in [2.45, 2.75) is 20.8 Å². The molecule has 0 radical (unpaired) electrons. The highest BCUT2D eigenvalue weighted by atomic mass is 31.0. The average molecular weight is 563 g/mol. The number of aromatic amines is 1. The van der Waals surface area contributed by atoms with E-state index in [0.29, 0.717) is 46.2 Å². The van der Waals surface area contributed by atoms with Crippen LogP contribution in [-0.4, -0.2) is 76.3 Å². The van der Waals surface area contributed by atoms with Gasteiger partial charge in [-0.05, 0) is 30.4 Å². The number of carbonyl (C=O) groups is 4. The Labute approximate surface area is 233 Å². The van der Waals surface area contributed by atoms with Crippen LogP contribution >= 0.6 is 9.24 Å². The molecular formula is C29H31N4O6P. The van der Waals surface area contributed by atoms with Crippen molar-refractivity contribution in [1.29, 1.82) is 0 Å². The number of nitrogens with one attached hydrogen (secondary N) is 1. The number of esters is 1. The van der Waals surface area contributed by atoms with Gasteiger partial charge in [0.25, 0.3) is 17.6 Å². The van der Waals surface area contributed by atoms with E-state index in [9.17, 15) is 19.2 Å². The highest BCUT2D eigenvalue weighted by Gasteiger charge is 2.31. The van der Waals surface area contributed by atoms with Crippen LogP contribution in [-0.2, 0) is 9.53 Å². The normalized spacial score (nSPS) is 13.0. The van der Waals surface area contributed by atoms with Crippen LogP contribution in [0.2, 0.25) is 0 Å². The van der Waals surface area contributed by atoms with Crippen molar-refractivity contribution in [2.75, 3.05) is 32.8 Å². The second kappa shape index (κ2) is 12.7. The predicted molar refractivity (Wildman–Crippen MR) is 154 cm³/mol. The number of fused-ring (bicyclic) bond motifs is 1. The lowest BCUT2D eigenvalue weighted by Gasteiger charge is -2.34. The summed E-state index contributed by atoms with van der Waals surface area (Å²) in [6.07, 6.45) is 1.50. The number of ether oxygens (including phenoxy) is 1. The fraction of sp³-hybridized carbons (Fsp3) is 0.276. The molecule has 1 aliphatic heterocycles. The van der Waals surface area contributed by atoms with E-state index >= 15 is 0 Å². The van der Waals surface area contributed by atoms with Crippen LogP contribution in [0.5, 0.6) is 0 Å². The zero-order chi connectivity index (χ0) is 28.8. The summed E-state index contributed by atoms with van der Waals surface area (Å²) in [4.78, 5) is 57.4. The molecule has 0 spiro atoms. The highest BCUT2D eigenvalue weighted by Crippen LogP contribution is 2.31. The molecule has 0 saturated carbocycles. The summed E-state index contributed by atoms with van der Waals surface area (Å²) < 4.78 is 10.3. The number of aromatic nitrogens is 2. The Morgan fingerprint density at radius 3 is 2.35 bits per heavy atom. The van der Waals surface area contributed by atoms with Gasteiger partial charge in [-0.3, -0.25) is 14.4 Å². The molecule has 4 aromatic rings. The number of nitrogens with zero attached hydrogens (tertiary/aromatic N) is 3. The van der Waals surface area contributed by atoms with Gasteiger partial charge in [-0.2, -0.15) is 0 Å². The van der Waals surface area contributed by atoms with Crippen LogP contribution in [0.3, 0.4) is 0 Å². The van der Waals surface area contributed by atoms with E-state index in [1.807, 2.05) is 19.9 Å². The number of ketones is 1. The fourth-order valence-electron chi connectivity index (χ4n) is 4.50. The van der Waals surface area contributed by atoms with Crippen molar-refractivity contribution >= 4 is 49.0 Å². The number of rotatable bonds is 6. The van der Waals surface area contributed by atoms with Crippen molar-refractivity contribution in [3.8, 4) is 11.3 Å². The van der Waals surface area contributed by atoms with Gasteiger partial charge in [0, 0.05) is 55.0 Å². The lowest BCUT2D eigenvalue weighted by molar-refractivity contribution is -0.127. The molecule has 1 aliphatic rings. The smallest absolute Gasteiger partial charge is 0.360 e. The Kier molecular flexibility index (Phi) is 9.11. The number of amides is 2. The number of H-pyrrole nitrogens is 1. The van der Waals surface area contributed by atoms with Crippen LogP contribution in [0.25, 0.3) is 22.2 Å². The summed E-state index contributed by atoms with van der Waals surface area (Å²) in [5, 5.41) is 5.05. The van der Waals surface area contributed by atoms with Crippen LogP contribution in [0.4, 0.5) is 0 Å². The van der Waals surface area contributed by atoms with Gasteiger partial charge >= 0.3 is 5.97 Å². The Morgan fingerprint density at radius 2 is 1.68 bits per heavy atom. The van der Waals surface area contributed by atoms with Gasteiger partial charge in [0.2, 0.25) is 0 Å². The molecule has 40 heavy (non-hydrogen) atoms. The molecule has 3 heterocycles. The maximum absolute atomic E-state index is 13.3. The van der Waals surface area contributed by atoms with Gasteiger partial charge in [0.1, 0.15) is 0 Å². The lowest BCUT2D eigenvalue weighted by atomic mass is 10.0. The summed E-state index contributed by atoms with van der Waals surface area (Å²) in [6, 6.07) is 14.0.